The Hall–Kier alpha value is -0.220. The van der Waals surface area contributed by atoms with Crippen LogP contribution in [0, 0.1) is 0 Å². The van der Waals surface area contributed by atoms with Crippen LogP contribution in [0.5, 0.6) is 0 Å². The van der Waals surface area contributed by atoms with Crippen molar-refractivity contribution in [3.05, 3.63) is 9.63 Å². The second kappa shape index (κ2) is 2.19. The van der Waals surface area contributed by atoms with Crippen molar-refractivity contribution in [3.63, 3.8) is 0 Å². The summed E-state index contributed by atoms with van der Waals surface area (Å²) < 4.78 is 2.17. The van der Waals surface area contributed by atoms with Crippen LogP contribution in [-0.4, -0.2) is 9.78 Å². The van der Waals surface area contributed by atoms with Gasteiger partial charge < -0.3 is 5.73 Å². The van der Waals surface area contributed by atoms with E-state index in [-0.39, 0.29) is 0 Å². The maximum Gasteiger partial charge on any atom is 0.167 e. The van der Waals surface area contributed by atoms with Gasteiger partial charge in [0.15, 0.2) is 5.15 Å². The molecule has 1 rings (SSSR count). The van der Waals surface area contributed by atoms with Crippen molar-refractivity contribution >= 4 is 33.3 Å². The van der Waals surface area contributed by atoms with Gasteiger partial charge in [-0.3, -0.25) is 4.68 Å². The van der Waals surface area contributed by atoms with Crippen LogP contribution in [0.15, 0.2) is 4.47 Å². The molecule has 0 saturated heterocycles. The molecule has 0 aliphatic rings. The second-order valence-electron chi connectivity index (χ2n) is 1.61. The summed E-state index contributed by atoms with van der Waals surface area (Å²) >= 11 is 8.74. The largest absolute Gasteiger partial charge is 0.383 e. The average molecular weight is 210 g/mol. The molecule has 1 aromatic rings. The fraction of sp³-hybridized carbons (Fsp3) is 0.250. The number of hydrogen-bond donors (Lipinski definition) is 1. The Morgan fingerprint density at radius 3 is 2.44 bits per heavy atom. The zero-order chi connectivity index (χ0) is 7.02. The SMILES string of the molecule is Cn1nc(Cl)c(Br)c1N. The number of rotatable bonds is 0. The molecule has 50 valence electrons. The predicted molar refractivity (Wildman–Crippen MR) is 40.3 cm³/mol. The van der Waals surface area contributed by atoms with Crippen LogP contribution in [0.2, 0.25) is 5.15 Å². The third kappa shape index (κ3) is 1.04. The summed E-state index contributed by atoms with van der Waals surface area (Å²) in [5.74, 6) is 0.542. The average Bonchev–Trinajstić information content (AvgIpc) is 1.98. The minimum absolute atomic E-state index is 0.398. The van der Waals surface area contributed by atoms with Crippen molar-refractivity contribution in [2.45, 2.75) is 0 Å². The van der Waals surface area contributed by atoms with Crippen molar-refractivity contribution < 1.29 is 0 Å². The topological polar surface area (TPSA) is 43.8 Å². The molecular formula is C4H5BrClN3. The van der Waals surface area contributed by atoms with E-state index in [0.717, 1.165) is 0 Å². The Morgan fingerprint density at radius 2 is 2.33 bits per heavy atom. The van der Waals surface area contributed by atoms with E-state index in [9.17, 15) is 0 Å². The summed E-state index contributed by atoms with van der Waals surface area (Å²) in [4.78, 5) is 0. The van der Waals surface area contributed by atoms with Crippen LogP contribution in [0.4, 0.5) is 5.82 Å². The summed E-state index contributed by atoms with van der Waals surface area (Å²) in [7, 11) is 1.73. The number of anilines is 1. The van der Waals surface area contributed by atoms with Gasteiger partial charge in [-0.1, -0.05) is 11.6 Å². The summed E-state index contributed by atoms with van der Waals surface area (Å²) in [5.41, 5.74) is 5.47. The van der Waals surface area contributed by atoms with Crippen molar-refractivity contribution in [2.24, 2.45) is 7.05 Å². The van der Waals surface area contributed by atoms with Crippen LogP contribution < -0.4 is 5.73 Å². The standard InChI is InChI=1S/C4H5BrClN3/c1-9-4(7)2(5)3(6)8-9/h7H2,1H3. The van der Waals surface area contributed by atoms with Gasteiger partial charge in [0.25, 0.3) is 0 Å². The van der Waals surface area contributed by atoms with Crippen LogP contribution in [0.25, 0.3) is 0 Å². The number of nitrogens with zero attached hydrogens (tertiary/aromatic N) is 2. The number of aromatic nitrogens is 2. The Labute approximate surface area is 65.9 Å². The predicted octanol–water partition coefficient (Wildman–Crippen LogP) is 1.42. The van der Waals surface area contributed by atoms with E-state index in [1.807, 2.05) is 0 Å². The van der Waals surface area contributed by atoms with Gasteiger partial charge in [-0.2, -0.15) is 5.10 Å². The molecule has 3 nitrogen and oxygen atoms in total. The first-order chi connectivity index (χ1) is 4.13. The molecule has 0 amide bonds. The number of aryl methyl sites for hydroxylation is 1. The van der Waals surface area contributed by atoms with Crippen LogP contribution >= 0.6 is 27.5 Å². The zero-order valence-corrected chi connectivity index (χ0v) is 7.07. The van der Waals surface area contributed by atoms with Crippen LogP contribution in [0.1, 0.15) is 0 Å². The second-order valence-corrected chi connectivity index (χ2v) is 2.76. The molecule has 1 aromatic heterocycles. The molecule has 0 aliphatic heterocycles. The molecule has 0 spiro atoms. The number of nitrogen functional groups attached to an aromatic ring is 1. The molecule has 5 heteroatoms. The lowest BCUT2D eigenvalue weighted by Gasteiger charge is -1.89. The van der Waals surface area contributed by atoms with E-state index in [1.54, 1.807) is 7.05 Å². The Morgan fingerprint density at radius 1 is 1.78 bits per heavy atom. The first-order valence-corrected chi connectivity index (χ1v) is 3.43. The fourth-order valence-electron chi connectivity index (χ4n) is 0.477. The molecule has 0 radical (unpaired) electrons. The Bertz CT molecular complexity index is 209. The Kier molecular flexibility index (Phi) is 1.68. The van der Waals surface area contributed by atoms with Crippen molar-refractivity contribution in [1.82, 2.24) is 9.78 Å². The molecule has 0 unspecified atom stereocenters. The highest BCUT2D eigenvalue weighted by molar-refractivity contribution is 9.10. The summed E-state index contributed by atoms with van der Waals surface area (Å²) in [6.45, 7) is 0. The van der Waals surface area contributed by atoms with Gasteiger partial charge in [0.2, 0.25) is 0 Å². The van der Waals surface area contributed by atoms with E-state index < -0.39 is 0 Å². The highest BCUT2D eigenvalue weighted by Crippen LogP contribution is 2.26. The van der Waals surface area contributed by atoms with Gasteiger partial charge in [-0.05, 0) is 15.9 Å². The van der Waals surface area contributed by atoms with E-state index in [0.29, 0.717) is 15.4 Å². The van der Waals surface area contributed by atoms with Crippen LogP contribution in [-0.2, 0) is 7.05 Å². The summed E-state index contributed by atoms with van der Waals surface area (Å²) in [6.07, 6.45) is 0. The van der Waals surface area contributed by atoms with Gasteiger partial charge in [0.05, 0.1) is 4.47 Å². The van der Waals surface area contributed by atoms with E-state index in [4.69, 9.17) is 17.3 Å². The molecule has 0 atom stereocenters. The highest BCUT2D eigenvalue weighted by atomic mass is 79.9. The quantitative estimate of drug-likeness (QED) is 0.704. The number of halogens is 2. The van der Waals surface area contributed by atoms with Gasteiger partial charge in [-0.15, -0.1) is 0 Å². The maximum atomic E-state index is 5.58. The fourth-order valence-corrected chi connectivity index (χ4v) is 1.02. The smallest absolute Gasteiger partial charge is 0.167 e. The van der Waals surface area contributed by atoms with Gasteiger partial charge >= 0.3 is 0 Å². The van der Waals surface area contributed by atoms with Gasteiger partial charge in [-0.25, -0.2) is 0 Å². The van der Waals surface area contributed by atoms with E-state index >= 15 is 0 Å². The normalized spacial score (nSPS) is 10.1. The minimum Gasteiger partial charge on any atom is -0.383 e. The first-order valence-electron chi connectivity index (χ1n) is 2.26. The molecule has 1 heterocycles. The molecule has 0 aromatic carbocycles. The molecule has 2 N–H and O–H groups in total. The highest BCUT2D eigenvalue weighted by Gasteiger charge is 2.06. The molecular weight excluding hydrogens is 205 g/mol. The van der Waals surface area contributed by atoms with Crippen molar-refractivity contribution in [2.75, 3.05) is 5.73 Å². The van der Waals surface area contributed by atoms with Gasteiger partial charge in [0.1, 0.15) is 5.82 Å². The zero-order valence-electron chi connectivity index (χ0n) is 4.73. The van der Waals surface area contributed by atoms with E-state index in [2.05, 4.69) is 21.0 Å². The van der Waals surface area contributed by atoms with E-state index in [1.165, 1.54) is 4.68 Å². The molecule has 0 saturated carbocycles. The molecule has 9 heavy (non-hydrogen) atoms. The Balaban J connectivity index is 3.29. The third-order valence-electron chi connectivity index (χ3n) is 0.992. The number of nitrogens with two attached hydrogens (primary N) is 1. The van der Waals surface area contributed by atoms with Crippen LogP contribution in [0.3, 0.4) is 0 Å². The molecule has 0 bridgehead atoms. The number of hydrogen-bond acceptors (Lipinski definition) is 2. The molecule has 0 aliphatic carbocycles. The summed E-state index contributed by atoms with van der Waals surface area (Å²) in [6, 6.07) is 0. The van der Waals surface area contributed by atoms with Crippen molar-refractivity contribution in [3.8, 4) is 0 Å². The van der Waals surface area contributed by atoms with Gasteiger partial charge in [0, 0.05) is 7.05 Å². The monoisotopic (exact) mass is 209 g/mol. The first kappa shape index (κ1) is 6.89. The lowest BCUT2D eigenvalue weighted by Crippen LogP contribution is -1.96. The minimum atomic E-state index is 0.398. The maximum absolute atomic E-state index is 5.58. The lowest BCUT2D eigenvalue weighted by molar-refractivity contribution is 0.779. The third-order valence-corrected chi connectivity index (χ3v) is 2.27. The molecule has 0 fully saturated rings. The summed E-state index contributed by atoms with van der Waals surface area (Å²) in [5, 5.41) is 4.22. The lowest BCUT2D eigenvalue weighted by atomic mass is 10.6. The van der Waals surface area contributed by atoms with Crippen molar-refractivity contribution in [1.29, 1.82) is 0 Å².